The van der Waals surface area contributed by atoms with E-state index >= 15 is 0 Å². The summed E-state index contributed by atoms with van der Waals surface area (Å²) >= 11 is 0. The van der Waals surface area contributed by atoms with Crippen LogP contribution in [-0.2, 0) is 15.7 Å². The van der Waals surface area contributed by atoms with E-state index < -0.39 is 24.1 Å². The zero-order chi connectivity index (χ0) is 13.2. The summed E-state index contributed by atoms with van der Waals surface area (Å²) in [5.74, 6) is 0. The molecule has 1 aromatic rings. The van der Waals surface area contributed by atoms with Crippen LogP contribution in [0.2, 0.25) is 0 Å². The van der Waals surface area contributed by atoms with Gasteiger partial charge in [0.15, 0.2) is 6.29 Å². The van der Waals surface area contributed by atoms with Crippen LogP contribution in [-0.4, -0.2) is 12.7 Å². The number of rotatable bonds is 2. The topological polar surface area (TPSA) is 42.2 Å². The summed E-state index contributed by atoms with van der Waals surface area (Å²) in [6, 6.07) is 7.02. The van der Waals surface area contributed by atoms with Crippen molar-refractivity contribution in [2.24, 2.45) is 0 Å². The second-order valence-electron chi connectivity index (χ2n) is 3.87. The van der Waals surface area contributed by atoms with E-state index in [2.05, 4.69) is 0 Å². The van der Waals surface area contributed by atoms with Crippen molar-refractivity contribution in [2.75, 3.05) is 6.61 Å². The lowest BCUT2D eigenvalue weighted by molar-refractivity contribution is -0.143. The number of alkyl halides is 3. The number of nitrogens with zero attached hydrogens (tertiary/aromatic N) is 1. The molecule has 0 aliphatic carbocycles. The minimum absolute atomic E-state index is 0.0505. The third kappa shape index (κ3) is 2.63. The van der Waals surface area contributed by atoms with E-state index in [4.69, 9.17) is 14.7 Å². The van der Waals surface area contributed by atoms with Gasteiger partial charge in [-0.05, 0) is 6.07 Å². The van der Waals surface area contributed by atoms with Gasteiger partial charge in [0.05, 0.1) is 30.8 Å². The summed E-state index contributed by atoms with van der Waals surface area (Å²) in [7, 11) is 0. The zero-order valence-electron chi connectivity index (χ0n) is 9.28. The molecule has 1 saturated heterocycles. The highest BCUT2D eigenvalue weighted by Crippen LogP contribution is 2.38. The first-order chi connectivity index (χ1) is 8.52. The lowest BCUT2D eigenvalue weighted by Crippen LogP contribution is -2.13. The van der Waals surface area contributed by atoms with Crippen molar-refractivity contribution in [3.8, 4) is 6.07 Å². The second kappa shape index (κ2) is 4.96. The van der Waals surface area contributed by atoms with Crippen molar-refractivity contribution in [1.29, 1.82) is 5.26 Å². The summed E-state index contributed by atoms with van der Waals surface area (Å²) in [4.78, 5) is 0. The molecule has 2 unspecified atom stereocenters. The van der Waals surface area contributed by atoms with Gasteiger partial charge in [-0.2, -0.15) is 18.4 Å². The standard InChI is InChI=1S/C12H10F3NO2/c13-12(14,15)10-4-2-1-3-9(10)11-17-7-8(18-11)5-6-16/h1-4,8,11H,5,7H2. The Bertz CT molecular complexity index is 467. The average molecular weight is 257 g/mol. The quantitative estimate of drug-likeness (QED) is 0.817. The smallest absolute Gasteiger partial charge is 0.346 e. The maximum absolute atomic E-state index is 12.8. The fourth-order valence-electron chi connectivity index (χ4n) is 1.78. The van der Waals surface area contributed by atoms with Gasteiger partial charge in [0.25, 0.3) is 0 Å². The van der Waals surface area contributed by atoms with E-state index in [1.165, 1.54) is 18.2 Å². The molecule has 2 rings (SSSR count). The van der Waals surface area contributed by atoms with Crippen LogP contribution in [0, 0.1) is 11.3 Å². The molecule has 0 aromatic heterocycles. The molecule has 18 heavy (non-hydrogen) atoms. The third-order valence-electron chi connectivity index (χ3n) is 2.59. The molecule has 3 nitrogen and oxygen atoms in total. The van der Waals surface area contributed by atoms with Crippen molar-refractivity contribution in [3.05, 3.63) is 35.4 Å². The Morgan fingerprint density at radius 1 is 1.33 bits per heavy atom. The van der Waals surface area contributed by atoms with Gasteiger partial charge in [-0.3, -0.25) is 0 Å². The van der Waals surface area contributed by atoms with Gasteiger partial charge in [0, 0.05) is 5.56 Å². The van der Waals surface area contributed by atoms with Crippen LogP contribution < -0.4 is 0 Å². The Morgan fingerprint density at radius 3 is 2.72 bits per heavy atom. The Kier molecular flexibility index (Phi) is 3.55. The number of benzene rings is 1. The molecule has 0 spiro atoms. The molecule has 0 amide bonds. The number of nitriles is 1. The molecule has 0 N–H and O–H groups in total. The fraction of sp³-hybridized carbons (Fsp3) is 0.417. The van der Waals surface area contributed by atoms with Gasteiger partial charge in [0.1, 0.15) is 0 Å². The van der Waals surface area contributed by atoms with Gasteiger partial charge in [-0.1, -0.05) is 18.2 Å². The van der Waals surface area contributed by atoms with Gasteiger partial charge in [-0.15, -0.1) is 0 Å². The summed E-state index contributed by atoms with van der Waals surface area (Å²) < 4.78 is 48.8. The molecule has 6 heteroatoms. The Labute approximate surface area is 102 Å². The molecule has 0 radical (unpaired) electrons. The van der Waals surface area contributed by atoms with Crippen molar-refractivity contribution in [3.63, 3.8) is 0 Å². The van der Waals surface area contributed by atoms with Crippen LogP contribution in [0.5, 0.6) is 0 Å². The predicted molar refractivity (Wildman–Crippen MR) is 55.2 cm³/mol. The van der Waals surface area contributed by atoms with Crippen LogP contribution >= 0.6 is 0 Å². The lowest BCUT2D eigenvalue weighted by Gasteiger charge is -2.16. The van der Waals surface area contributed by atoms with Gasteiger partial charge >= 0.3 is 6.18 Å². The Morgan fingerprint density at radius 2 is 2.06 bits per heavy atom. The molecule has 1 heterocycles. The van der Waals surface area contributed by atoms with Crippen LogP contribution in [0.15, 0.2) is 24.3 Å². The summed E-state index contributed by atoms with van der Waals surface area (Å²) in [6.45, 7) is 0.129. The fourth-order valence-corrected chi connectivity index (χ4v) is 1.78. The highest BCUT2D eigenvalue weighted by atomic mass is 19.4. The van der Waals surface area contributed by atoms with Gasteiger partial charge in [-0.25, -0.2) is 0 Å². The average Bonchev–Trinajstić information content (AvgIpc) is 2.77. The number of halogens is 3. The highest BCUT2D eigenvalue weighted by Gasteiger charge is 2.38. The first kappa shape index (κ1) is 12.9. The van der Waals surface area contributed by atoms with Crippen molar-refractivity contribution < 1.29 is 22.6 Å². The van der Waals surface area contributed by atoms with E-state index in [0.29, 0.717) is 0 Å². The van der Waals surface area contributed by atoms with E-state index in [-0.39, 0.29) is 18.6 Å². The summed E-state index contributed by atoms with van der Waals surface area (Å²) in [6.07, 6.45) is -5.87. The van der Waals surface area contributed by atoms with Crippen molar-refractivity contribution >= 4 is 0 Å². The number of hydrogen-bond donors (Lipinski definition) is 0. The largest absolute Gasteiger partial charge is 0.416 e. The Hall–Kier alpha value is -1.58. The van der Waals surface area contributed by atoms with Crippen molar-refractivity contribution in [1.82, 2.24) is 0 Å². The van der Waals surface area contributed by atoms with E-state index in [9.17, 15) is 13.2 Å². The summed E-state index contributed by atoms with van der Waals surface area (Å²) in [5.41, 5.74) is -0.821. The highest BCUT2D eigenvalue weighted by molar-refractivity contribution is 5.31. The summed E-state index contributed by atoms with van der Waals surface area (Å²) in [5, 5.41) is 8.50. The molecule has 2 atom stereocenters. The predicted octanol–water partition coefficient (Wildman–Crippen LogP) is 3.03. The number of ether oxygens (including phenoxy) is 2. The van der Waals surface area contributed by atoms with Crippen LogP contribution in [0.4, 0.5) is 13.2 Å². The molecule has 1 aliphatic rings. The van der Waals surface area contributed by atoms with Crippen molar-refractivity contribution in [2.45, 2.75) is 25.0 Å². The minimum Gasteiger partial charge on any atom is -0.346 e. The van der Waals surface area contributed by atoms with Gasteiger partial charge < -0.3 is 9.47 Å². The molecule has 1 aromatic carbocycles. The minimum atomic E-state index is -4.45. The molecular weight excluding hydrogens is 247 g/mol. The Balaban J connectivity index is 2.23. The zero-order valence-corrected chi connectivity index (χ0v) is 9.28. The van der Waals surface area contributed by atoms with Gasteiger partial charge in [0.2, 0.25) is 0 Å². The van der Waals surface area contributed by atoms with E-state index in [1.807, 2.05) is 6.07 Å². The van der Waals surface area contributed by atoms with E-state index in [1.54, 1.807) is 0 Å². The molecule has 1 fully saturated rings. The van der Waals surface area contributed by atoms with E-state index in [0.717, 1.165) is 6.07 Å². The molecule has 0 bridgehead atoms. The first-order valence-electron chi connectivity index (χ1n) is 5.32. The monoisotopic (exact) mass is 257 g/mol. The SMILES string of the molecule is N#CCC1COC(c2ccccc2C(F)(F)F)O1. The normalized spacial score (nSPS) is 23.9. The second-order valence-corrected chi connectivity index (χ2v) is 3.87. The van der Waals surface area contributed by atoms with Crippen LogP contribution in [0.3, 0.4) is 0 Å². The lowest BCUT2D eigenvalue weighted by atomic mass is 10.1. The maximum Gasteiger partial charge on any atom is 0.416 e. The molecular formula is C12H10F3NO2. The van der Waals surface area contributed by atoms with Crippen LogP contribution in [0.1, 0.15) is 23.8 Å². The molecule has 1 aliphatic heterocycles. The third-order valence-corrected chi connectivity index (χ3v) is 2.59. The maximum atomic E-state index is 12.8. The van der Waals surface area contributed by atoms with Crippen LogP contribution in [0.25, 0.3) is 0 Å². The molecule has 96 valence electrons. The molecule has 0 saturated carbocycles. The first-order valence-corrected chi connectivity index (χ1v) is 5.32. The number of hydrogen-bond acceptors (Lipinski definition) is 3.